The van der Waals surface area contributed by atoms with Gasteiger partial charge in [0.15, 0.2) is 0 Å². The van der Waals surface area contributed by atoms with E-state index in [1.807, 2.05) is 13.8 Å². The third kappa shape index (κ3) is 5.11. The molecule has 1 heteroatoms. The smallest absolute Gasteiger partial charge is 0.0400 e. The van der Waals surface area contributed by atoms with Crippen molar-refractivity contribution in [1.29, 1.82) is 0 Å². The summed E-state index contributed by atoms with van der Waals surface area (Å²) >= 11 is 0. The van der Waals surface area contributed by atoms with Gasteiger partial charge in [-0.1, -0.05) is 49.1 Å². The number of hydrogen-bond acceptors (Lipinski definition) is 1. The Kier molecular flexibility index (Phi) is 6.23. The van der Waals surface area contributed by atoms with Crippen LogP contribution < -0.4 is 5.32 Å². The van der Waals surface area contributed by atoms with Gasteiger partial charge in [-0.3, -0.25) is 0 Å². The van der Waals surface area contributed by atoms with Crippen molar-refractivity contribution in [2.24, 2.45) is 0 Å². The topological polar surface area (TPSA) is 12.0 Å². The van der Waals surface area contributed by atoms with E-state index in [2.05, 4.69) is 69.6 Å². The Balaban J connectivity index is 2.74. The van der Waals surface area contributed by atoms with Crippen molar-refractivity contribution in [3.63, 3.8) is 0 Å². The van der Waals surface area contributed by atoms with Crippen LogP contribution in [0.1, 0.15) is 37.5 Å². The first-order valence-electron chi connectivity index (χ1n) is 7.35. The predicted molar refractivity (Wildman–Crippen MR) is 94.2 cm³/mol. The molecular weight excluding hydrogens is 254 g/mol. The van der Waals surface area contributed by atoms with Crippen LogP contribution in [0.25, 0.3) is 0 Å². The van der Waals surface area contributed by atoms with Gasteiger partial charge in [0.25, 0.3) is 0 Å². The average Bonchev–Trinajstić information content (AvgIpc) is 2.45. The van der Waals surface area contributed by atoms with E-state index in [4.69, 9.17) is 0 Å². The molecule has 112 valence electrons. The summed E-state index contributed by atoms with van der Waals surface area (Å²) in [5.74, 6) is 0. The zero-order chi connectivity index (χ0) is 16.0. The van der Waals surface area contributed by atoms with Crippen LogP contribution in [0.3, 0.4) is 0 Å². The number of benzene rings is 1. The summed E-state index contributed by atoms with van der Waals surface area (Å²) < 4.78 is 0. The lowest BCUT2D eigenvalue weighted by molar-refractivity contribution is 0.826. The monoisotopic (exact) mass is 281 g/mol. The maximum Gasteiger partial charge on any atom is 0.0400 e. The van der Waals surface area contributed by atoms with Crippen LogP contribution in [0.15, 0.2) is 65.9 Å². The summed E-state index contributed by atoms with van der Waals surface area (Å²) in [4.78, 5) is 0. The van der Waals surface area contributed by atoms with Crippen molar-refractivity contribution >= 4 is 0 Å². The maximum absolute atomic E-state index is 4.14. The van der Waals surface area contributed by atoms with Gasteiger partial charge < -0.3 is 5.32 Å². The number of allylic oxidation sites excluding steroid dienone is 4. The van der Waals surface area contributed by atoms with Gasteiger partial charge in [-0.15, -0.1) is 0 Å². The van der Waals surface area contributed by atoms with Crippen LogP contribution >= 0.6 is 0 Å². The van der Waals surface area contributed by atoms with Crippen molar-refractivity contribution in [3.05, 3.63) is 82.6 Å². The fourth-order valence-electron chi connectivity index (χ4n) is 1.93. The molecule has 0 radical (unpaired) electrons. The number of nitrogens with one attached hydrogen (secondary N) is 1. The molecule has 1 N–H and O–H groups in total. The second-order valence-electron chi connectivity index (χ2n) is 5.60. The molecule has 0 bridgehead atoms. The fourth-order valence-corrected chi connectivity index (χ4v) is 1.93. The van der Waals surface area contributed by atoms with Crippen molar-refractivity contribution in [2.45, 2.75) is 41.2 Å². The molecule has 0 saturated heterocycles. The van der Waals surface area contributed by atoms with Gasteiger partial charge in [0.1, 0.15) is 0 Å². The molecular formula is C20H27N. The minimum absolute atomic E-state index is 0.789. The number of hydrogen-bond donors (Lipinski definition) is 1. The molecule has 0 unspecified atom stereocenters. The highest BCUT2D eigenvalue weighted by atomic mass is 14.9. The maximum atomic E-state index is 4.14. The van der Waals surface area contributed by atoms with Gasteiger partial charge >= 0.3 is 0 Å². The molecule has 0 aliphatic rings. The van der Waals surface area contributed by atoms with Crippen LogP contribution in [0.4, 0.5) is 0 Å². The predicted octanol–water partition coefficient (Wildman–Crippen LogP) is 5.38. The normalized spacial score (nSPS) is 12.2. The summed E-state index contributed by atoms with van der Waals surface area (Å²) in [5, 5.41) is 3.40. The SMILES string of the molecule is C=C(NCc1ccc(C)c(C)c1)C(=CC)/C=C(/C)C(=C)C. The zero-order valence-corrected chi connectivity index (χ0v) is 14.0. The molecule has 0 atom stereocenters. The Morgan fingerprint density at radius 1 is 1.14 bits per heavy atom. The Hall–Kier alpha value is -2.02. The van der Waals surface area contributed by atoms with Gasteiger partial charge in [0.05, 0.1) is 0 Å². The largest absolute Gasteiger partial charge is 0.381 e. The first-order valence-corrected chi connectivity index (χ1v) is 7.35. The molecule has 0 fully saturated rings. The number of rotatable bonds is 6. The Labute approximate surface area is 129 Å². The van der Waals surface area contributed by atoms with Gasteiger partial charge in [-0.05, 0) is 62.5 Å². The third-order valence-corrected chi connectivity index (χ3v) is 3.78. The van der Waals surface area contributed by atoms with Crippen molar-refractivity contribution < 1.29 is 0 Å². The van der Waals surface area contributed by atoms with Crippen LogP contribution in [-0.2, 0) is 6.54 Å². The Bertz CT molecular complexity index is 600. The van der Waals surface area contributed by atoms with E-state index in [9.17, 15) is 0 Å². The van der Waals surface area contributed by atoms with E-state index in [0.29, 0.717) is 0 Å². The van der Waals surface area contributed by atoms with Crippen LogP contribution in [0.2, 0.25) is 0 Å². The minimum Gasteiger partial charge on any atom is -0.381 e. The zero-order valence-electron chi connectivity index (χ0n) is 14.0. The van der Waals surface area contributed by atoms with E-state index < -0.39 is 0 Å². The lowest BCUT2D eigenvalue weighted by Gasteiger charge is -2.13. The molecule has 1 nitrogen and oxygen atoms in total. The summed E-state index contributed by atoms with van der Waals surface area (Å²) in [6.07, 6.45) is 4.19. The molecule has 0 amide bonds. The highest BCUT2D eigenvalue weighted by Crippen LogP contribution is 2.15. The molecule has 1 aromatic carbocycles. The van der Waals surface area contributed by atoms with E-state index in [1.54, 1.807) is 0 Å². The first-order chi connectivity index (χ1) is 9.85. The molecule has 0 heterocycles. The minimum atomic E-state index is 0.789. The fraction of sp³-hybridized carbons (Fsp3) is 0.300. The van der Waals surface area contributed by atoms with Crippen molar-refractivity contribution in [1.82, 2.24) is 5.32 Å². The molecule has 0 aromatic heterocycles. The molecule has 0 aliphatic carbocycles. The van der Waals surface area contributed by atoms with Crippen LogP contribution in [0, 0.1) is 13.8 Å². The van der Waals surface area contributed by atoms with Gasteiger partial charge in [0.2, 0.25) is 0 Å². The van der Waals surface area contributed by atoms with Gasteiger partial charge in [-0.25, -0.2) is 0 Å². The van der Waals surface area contributed by atoms with Gasteiger partial charge in [0, 0.05) is 12.2 Å². The third-order valence-electron chi connectivity index (χ3n) is 3.78. The Morgan fingerprint density at radius 2 is 1.81 bits per heavy atom. The molecule has 0 spiro atoms. The quantitative estimate of drug-likeness (QED) is 0.691. The molecule has 0 saturated carbocycles. The van der Waals surface area contributed by atoms with Crippen molar-refractivity contribution in [3.8, 4) is 0 Å². The number of aryl methyl sites for hydroxylation is 2. The van der Waals surface area contributed by atoms with Crippen LogP contribution in [0.5, 0.6) is 0 Å². The van der Waals surface area contributed by atoms with E-state index >= 15 is 0 Å². The summed E-state index contributed by atoms with van der Waals surface area (Å²) in [7, 11) is 0. The lowest BCUT2D eigenvalue weighted by atomic mass is 10.0. The summed E-state index contributed by atoms with van der Waals surface area (Å²) in [5.41, 5.74) is 8.23. The Morgan fingerprint density at radius 3 is 2.33 bits per heavy atom. The van der Waals surface area contributed by atoms with E-state index in [0.717, 1.165) is 23.4 Å². The lowest BCUT2D eigenvalue weighted by Crippen LogP contribution is -2.13. The van der Waals surface area contributed by atoms with Crippen molar-refractivity contribution in [2.75, 3.05) is 0 Å². The van der Waals surface area contributed by atoms with Gasteiger partial charge in [-0.2, -0.15) is 0 Å². The highest BCUT2D eigenvalue weighted by Gasteiger charge is 2.02. The van der Waals surface area contributed by atoms with E-state index in [-0.39, 0.29) is 0 Å². The van der Waals surface area contributed by atoms with E-state index in [1.165, 1.54) is 22.3 Å². The molecule has 21 heavy (non-hydrogen) atoms. The summed E-state index contributed by atoms with van der Waals surface area (Å²) in [6.45, 7) is 19.3. The standard InChI is InChI=1S/C20H27N/c1-8-20(12-16(5)14(2)3)18(7)21-13-19-10-9-15(4)17(6)11-19/h8-12,21H,2,7,13H2,1,3-6H3/b16-12-,20-8?. The molecule has 1 rings (SSSR count). The first kappa shape index (κ1) is 17.0. The second-order valence-corrected chi connectivity index (χ2v) is 5.60. The average molecular weight is 281 g/mol. The highest BCUT2D eigenvalue weighted by molar-refractivity contribution is 5.42. The van der Waals surface area contributed by atoms with Crippen LogP contribution in [-0.4, -0.2) is 0 Å². The summed E-state index contributed by atoms with van der Waals surface area (Å²) in [6, 6.07) is 6.55. The molecule has 0 aliphatic heterocycles. The molecule has 1 aromatic rings. The second kappa shape index (κ2) is 7.68.